The average Bonchev–Trinajstić information content (AvgIpc) is 2.55. The van der Waals surface area contributed by atoms with E-state index in [1.807, 2.05) is 11.8 Å². The van der Waals surface area contributed by atoms with Gasteiger partial charge in [0.05, 0.1) is 0 Å². The van der Waals surface area contributed by atoms with E-state index in [2.05, 4.69) is 15.8 Å². The van der Waals surface area contributed by atoms with Crippen molar-refractivity contribution in [2.45, 2.75) is 33.1 Å². The second kappa shape index (κ2) is 6.42. The smallest absolute Gasteiger partial charge is 0.223 e. The van der Waals surface area contributed by atoms with Crippen LogP contribution in [-0.4, -0.2) is 29.7 Å². The van der Waals surface area contributed by atoms with Crippen molar-refractivity contribution in [1.29, 1.82) is 0 Å². The molecule has 4 heteroatoms. The van der Waals surface area contributed by atoms with E-state index in [1.165, 1.54) is 0 Å². The Hall–Kier alpha value is -0.330. The molecule has 0 bridgehead atoms. The molecule has 0 aromatic rings. The number of carbonyl (C=O) groups is 1. The highest BCUT2D eigenvalue weighted by Gasteiger charge is 2.28. The van der Waals surface area contributed by atoms with Gasteiger partial charge >= 0.3 is 0 Å². The number of carbonyl (C=O) groups excluding carboxylic acids is 1. The maximum atomic E-state index is 11.8. The zero-order valence-corrected chi connectivity index (χ0v) is 11.7. The summed E-state index contributed by atoms with van der Waals surface area (Å²) in [4.78, 5) is 13.7. The summed E-state index contributed by atoms with van der Waals surface area (Å²) in [6.07, 6.45) is 2.98. The van der Waals surface area contributed by atoms with Gasteiger partial charge in [0.25, 0.3) is 0 Å². The highest BCUT2D eigenvalue weighted by Crippen LogP contribution is 2.23. The molecule has 90 valence electrons. The van der Waals surface area contributed by atoms with Gasteiger partial charge in [-0.25, -0.2) is 0 Å². The van der Waals surface area contributed by atoms with Gasteiger partial charge in [-0.2, -0.15) is 0 Å². The van der Waals surface area contributed by atoms with Crippen molar-refractivity contribution in [2.24, 2.45) is 5.92 Å². The van der Waals surface area contributed by atoms with Crippen LogP contribution in [0.3, 0.4) is 0 Å². The second-order valence-corrected chi connectivity index (χ2v) is 5.19. The van der Waals surface area contributed by atoms with Crippen LogP contribution in [-0.2, 0) is 4.79 Å². The van der Waals surface area contributed by atoms with E-state index in [4.69, 9.17) is 11.6 Å². The summed E-state index contributed by atoms with van der Waals surface area (Å²) in [7, 11) is 3.33. The summed E-state index contributed by atoms with van der Waals surface area (Å²) in [6.45, 7) is 5.50. The lowest BCUT2D eigenvalue weighted by molar-refractivity contribution is -0.127. The molecule has 0 aromatic heterocycles. The third-order valence-corrected chi connectivity index (χ3v) is 3.56. The molecule has 0 saturated carbocycles. The van der Waals surface area contributed by atoms with E-state index in [0.29, 0.717) is 18.9 Å². The third kappa shape index (κ3) is 3.61. The van der Waals surface area contributed by atoms with Crippen molar-refractivity contribution in [3.8, 4) is 0 Å². The van der Waals surface area contributed by atoms with Crippen LogP contribution >= 0.6 is 20.5 Å². The number of amides is 1. The Bertz CT molecular complexity index is 310. The number of halogens is 1. The first kappa shape index (κ1) is 13.7. The van der Waals surface area contributed by atoms with Crippen LogP contribution in [0.2, 0.25) is 0 Å². The Labute approximate surface area is 105 Å². The van der Waals surface area contributed by atoms with Gasteiger partial charge in [0.2, 0.25) is 5.91 Å². The molecule has 1 rings (SSSR count). The van der Waals surface area contributed by atoms with Crippen molar-refractivity contribution in [3.63, 3.8) is 0 Å². The highest BCUT2D eigenvalue weighted by atomic mass is 35.5. The van der Waals surface area contributed by atoms with Gasteiger partial charge in [0.1, 0.15) is 0 Å². The zero-order valence-electron chi connectivity index (χ0n) is 9.92. The minimum Gasteiger partial charge on any atom is -0.338 e. The van der Waals surface area contributed by atoms with Crippen molar-refractivity contribution in [1.82, 2.24) is 4.90 Å². The number of hydrogen-bond acceptors (Lipinski definition) is 1. The van der Waals surface area contributed by atoms with E-state index in [0.717, 1.165) is 30.0 Å². The lowest BCUT2D eigenvalue weighted by Gasteiger charge is -2.17. The van der Waals surface area contributed by atoms with E-state index in [9.17, 15) is 4.79 Å². The monoisotopic (exact) mass is 259 g/mol. The molecule has 1 unspecified atom stereocenters. The molecular weight excluding hydrogens is 241 g/mol. The molecular formula is C12H19ClNOP. The molecule has 0 radical (unpaired) electrons. The Balaban J connectivity index is 2.59. The van der Waals surface area contributed by atoms with E-state index < -0.39 is 0 Å². The molecule has 0 spiro atoms. The lowest BCUT2D eigenvalue weighted by Crippen LogP contribution is -2.28. The first-order chi connectivity index (χ1) is 7.58. The van der Waals surface area contributed by atoms with Crippen molar-refractivity contribution >= 4 is 32.2 Å². The predicted molar refractivity (Wildman–Crippen MR) is 72.5 cm³/mol. The maximum Gasteiger partial charge on any atom is 0.223 e. The second-order valence-electron chi connectivity index (χ2n) is 4.34. The largest absolute Gasteiger partial charge is 0.338 e. The van der Waals surface area contributed by atoms with Gasteiger partial charge in [-0.05, 0) is 30.6 Å². The average molecular weight is 260 g/mol. The first-order valence-electron chi connectivity index (χ1n) is 5.72. The molecule has 1 aliphatic heterocycles. The summed E-state index contributed by atoms with van der Waals surface area (Å²) in [5.74, 6) is 2.58. The fourth-order valence-corrected chi connectivity index (χ4v) is 2.58. The van der Waals surface area contributed by atoms with Gasteiger partial charge in [-0.15, -0.1) is 8.86 Å². The number of allylic oxidation sites excluding steroid dienone is 1. The summed E-state index contributed by atoms with van der Waals surface area (Å²) in [5.41, 5.74) is 0.976. The minimum atomic E-state index is 0.252. The van der Waals surface area contributed by atoms with Crippen LogP contribution in [0.1, 0.15) is 33.1 Å². The molecule has 1 atom stereocenters. The zero-order chi connectivity index (χ0) is 12.1. The number of likely N-dealkylation sites (tertiary alicyclic amines) is 1. The topological polar surface area (TPSA) is 20.3 Å². The van der Waals surface area contributed by atoms with Gasteiger partial charge in [-0.3, -0.25) is 4.79 Å². The normalized spacial score (nSPS) is 22.3. The van der Waals surface area contributed by atoms with E-state index >= 15 is 0 Å². The molecule has 1 amide bonds. The summed E-state index contributed by atoms with van der Waals surface area (Å²) >= 11 is 5.95. The minimum absolute atomic E-state index is 0.252. The maximum absolute atomic E-state index is 11.8. The van der Waals surface area contributed by atoms with Crippen LogP contribution in [0.4, 0.5) is 0 Å². The van der Waals surface area contributed by atoms with Crippen molar-refractivity contribution in [3.05, 3.63) is 10.6 Å². The fourth-order valence-electron chi connectivity index (χ4n) is 2.07. The molecule has 0 aromatic carbocycles. The SMILES string of the molecule is CCCC1CC(=O)N(C/C(C=P)=C(/C)Cl)C1. The van der Waals surface area contributed by atoms with Gasteiger partial charge in [0.15, 0.2) is 0 Å². The molecule has 1 heterocycles. The molecule has 1 aliphatic rings. The van der Waals surface area contributed by atoms with Crippen molar-refractivity contribution < 1.29 is 4.79 Å². The van der Waals surface area contributed by atoms with Gasteiger partial charge in [0, 0.05) is 24.5 Å². The summed E-state index contributed by atoms with van der Waals surface area (Å²) in [6, 6.07) is 0. The molecule has 0 N–H and O–H groups in total. The Kier molecular flexibility index (Phi) is 5.51. The number of nitrogens with zero attached hydrogens (tertiary/aromatic N) is 1. The quantitative estimate of drug-likeness (QED) is 0.695. The lowest BCUT2D eigenvalue weighted by atomic mass is 10.0. The first-order valence-corrected chi connectivity index (χ1v) is 6.67. The molecule has 16 heavy (non-hydrogen) atoms. The number of rotatable bonds is 5. The van der Waals surface area contributed by atoms with Gasteiger partial charge < -0.3 is 4.90 Å². The van der Waals surface area contributed by atoms with E-state index in [1.54, 1.807) is 5.80 Å². The van der Waals surface area contributed by atoms with Crippen LogP contribution in [0, 0.1) is 5.92 Å². The summed E-state index contributed by atoms with van der Waals surface area (Å²) in [5, 5.41) is 0.738. The van der Waals surface area contributed by atoms with Crippen LogP contribution in [0.15, 0.2) is 10.6 Å². The third-order valence-electron chi connectivity index (χ3n) is 2.97. The molecule has 1 fully saturated rings. The van der Waals surface area contributed by atoms with Crippen LogP contribution < -0.4 is 0 Å². The Morgan fingerprint density at radius 1 is 1.69 bits per heavy atom. The Morgan fingerprint density at radius 3 is 2.88 bits per heavy atom. The van der Waals surface area contributed by atoms with Crippen LogP contribution in [0.5, 0.6) is 0 Å². The van der Waals surface area contributed by atoms with E-state index in [-0.39, 0.29) is 5.91 Å². The number of hydrogen-bond donors (Lipinski definition) is 0. The highest BCUT2D eigenvalue weighted by molar-refractivity contribution is 7.19. The predicted octanol–water partition coefficient (Wildman–Crippen LogP) is 3.09. The molecule has 0 aliphatic carbocycles. The molecule has 2 nitrogen and oxygen atoms in total. The summed E-state index contributed by atoms with van der Waals surface area (Å²) < 4.78 is 0. The van der Waals surface area contributed by atoms with Gasteiger partial charge in [-0.1, -0.05) is 24.9 Å². The standard InChI is InChI=1S/C12H19ClNOP/c1-3-4-10-5-12(15)14(6-10)7-11(8-16)9(2)13/h8,10,16H,3-7H2,1-2H3/b11-9+. The van der Waals surface area contributed by atoms with Crippen LogP contribution in [0.25, 0.3) is 0 Å². The Morgan fingerprint density at radius 2 is 2.38 bits per heavy atom. The molecule has 1 saturated heterocycles. The van der Waals surface area contributed by atoms with Crippen molar-refractivity contribution in [2.75, 3.05) is 13.1 Å². The fraction of sp³-hybridized carbons (Fsp3) is 0.667.